The average molecular weight is 276 g/mol. The van der Waals surface area contributed by atoms with Crippen LogP contribution in [0.5, 0.6) is 0 Å². The van der Waals surface area contributed by atoms with Gasteiger partial charge in [-0.2, -0.15) is 0 Å². The molecule has 0 radical (unpaired) electrons. The minimum absolute atomic E-state index is 0.135. The van der Waals surface area contributed by atoms with E-state index in [1.54, 1.807) is 0 Å². The van der Waals surface area contributed by atoms with Gasteiger partial charge in [-0.3, -0.25) is 0 Å². The molecule has 0 aliphatic heterocycles. The number of rotatable bonds is 3. The smallest absolute Gasteiger partial charge is 0.243 e. The minimum atomic E-state index is -4.09. The summed E-state index contributed by atoms with van der Waals surface area (Å²) in [4.78, 5) is -0.747. The van der Waals surface area contributed by atoms with Gasteiger partial charge in [0.15, 0.2) is 11.6 Å². The van der Waals surface area contributed by atoms with Gasteiger partial charge in [0.25, 0.3) is 0 Å². The lowest BCUT2D eigenvalue weighted by atomic mass is 10.2. The molecular weight excluding hydrogens is 262 g/mol. The van der Waals surface area contributed by atoms with E-state index in [9.17, 15) is 17.2 Å². The molecule has 1 atom stereocenters. The topological polar surface area (TPSA) is 72.2 Å². The highest BCUT2D eigenvalue weighted by atomic mass is 32.2. The summed E-state index contributed by atoms with van der Waals surface area (Å²) in [6.07, 6.45) is 0.665. The molecule has 0 amide bonds. The Morgan fingerprint density at radius 3 is 2.44 bits per heavy atom. The van der Waals surface area contributed by atoms with Crippen LogP contribution < -0.4 is 10.5 Å². The normalized spacial score (nSPS) is 21.9. The van der Waals surface area contributed by atoms with E-state index in [-0.39, 0.29) is 17.1 Å². The van der Waals surface area contributed by atoms with Gasteiger partial charge in [0.1, 0.15) is 4.90 Å². The van der Waals surface area contributed by atoms with Gasteiger partial charge in [-0.05, 0) is 24.0 Å². The van der Waals surface area contributed by atoms with Crippen LogP contribution in [0.15, 0.2) is 17.0 Å². The molecule has 0 spiro atoms. The average Bonchev–Trinajstić information content (AvgIpc) is 2.78. The van der Waals surface area contributed by atoms with Crippen molar-refractivity contribution in [3.8, 4) is 0 Å². The van der Waals surface area contributed by atoms with Crippen LogP contribution >= 0.6 is 0 Å². The van der Waals surface area contributed by atoms with Gasteiger partial charge in [-0.25, -0.2) is 21.9 Å². The molecule has 2 rings (SSSR count). The lowest BCUT2D eigenvalue weighted by Crippen LogP contribution is -2.29. The second kappa shape index (κ2) is 3.89. The molecule has 1 aromatic rings. The Kier molecular flexibility index (Phi) is 2.86. The number of sulfonamides is 1. The van der Waals surface area contributed by atoms with Crippen molar-refractivity contribution in [2.24, 2.45) is 5.41 Å². The quantitative estimate of drug-likeness (QED) is 0.824. The minimum Gasteiger partial charge on any atom is -0.399 e. The van der Waals surface area contributed by atoms with Crippen molar-refractivity contribution in [2.75, 3.05) is 5.73 Å². The third-order valence-electron chi connectivity index (χ3n) is 3.12. The fraction of sp³-hybridized carbons (Fsp3) is 0.455. The molecule has 1 aliphatic carbocycles. The number of nitrogens with one attached hydrogen (secondary N) is 1. The van der Waals surface area contributed by atoms with Crippen LogP contribution in [0.25, 0.3) is 0 Å². The van der Waals surface area contributed by atoms with Crippen molar-refractivity contribution in [1.29, 1.82) is 0 Å². The van der Waals surface area contributed by atoms with E-state index in [1.807, 2.05) is 13.8 Å². The highest BCUT2D eigenvalue weighted by Gasteiger charge is 2.48. The molecule has 1 saturated carbocycles. The summed E-state index contributed by atoms with van der Waals surface area (Å²) in [6, 6.07) is 1.40. The molecule has 1 unspecified atom stereocenters. The van der Waals surface area contributed by atoms with Gasteiger partial charge < -0.3 is 5.73 Å². The predicted molar refractivity (Wildman–Crippen MR) is 63.3 cm³/mol. The van der Waals surface area contributed by atoms with Crippen molar-refractivity contribution in [1.82, 2.24) is 4.72 Å². The Morgan fingerprint density at radius 2 is 1.94 bits per heavy atom. The molecular formula is C11H14F2N2O2S. The first-order chi connectivity index (χ1) is 8.13. The van der Waals surface area contributed by atoms with Crippen LogP contribution in [0.1, 0.15) is 20.3 Å². The zero-order chi connectivity index (χ0) is 13.7. The lowest BCUT2D eigenvalue weighted by molar-refractivity contribution is 0.482. The molecule has 0 aromatic heterocycles. The van der Waals surface area contributed by atoms with E-state index >= 15 is 0 Å². The maximum Gasteiger partial charge on any atom is 0.243 e. The molecule has 0 bridgehead atoms. The molecule has 7 heteroatoms. The van der Waals surface area contributed by atoms with Crippen LogP contribution in [0.2, 0.25) is 0 Å². The van der Waals surface area contributed by atoms with E-state index in [0.717, 1.165) is 12.1 Å². The zero-order valence-corrected chi connectivity index (χ0v) is 10.8. The first-order valence-electron chi connectivity index (χ1n) is 5.40. The van der Waals surface area contributed by atoms with Crippen molar-refractivity contribution in [3.63, 3.8) is 0 Å². The number of hydrogen-bond acceptors (Lipinski definition) is 3. The van der Waals surface area contributed by atoms with Gasteiger partial charge >= 0.3 is 0 Å². The Balaban J connectivity index is 2.36. The molecule has 3 N–H and O–H groups in total. The van der Waals surface area contributed by atoms with E-state index in [0.29, 0.717) is 6.42 Å². The Hall–Kier alpha value is -1.21. The number of nitrogens with two attached hydrogens (primary N) is 1. The fourth-order valence-electron chi connectivity index (χ4n) is 1.70. The van der Waals surface area contributed by atoms with Crippen LogP contribution in [0, 0.1) is 17.0 Å². The SMILES string of the molecule is CC1(C)CC1NS(=O)(=O)c1cc(N)cc(F)c1F. The Labute approximate surface area is 104 Å². The van der Waals surface area contributed by atoms with Gasteiger partial charge in [0, 0.05) is 11.7 Å². The summed E-state index contributed by atoms with van der Waals surface area (Å²) in [5, 5.41) is 0. The van der Waals surface area contributed by atoms with Crippen LogP contribution in [0.4, 0.5) is 14.5 Å². The third-order valence-corrected chi connectivity index (χ3v) is 4.59. The molecule has 0 saturated heterocycles. The molecule has 1 aliphatic rings. The van der Waals surface area contributed by atoms with E-state index in [1.165, 1.54) is 0 Å². The zero-order valence-electron chi connectivity index (χ0n) is 10.00. The Bertz CT molecular complexity index is 599. The highest BCUT2D eigenvalue weighted by molar-refractivity contribution is 7.89. The predicted octanol–water partition coefficient (Wildman–Crippen LogP) is 1.62. The first-order valence-corrected chi connectivity index (χ1v) is 6.89. The van der Waals surface area contributed by atoms with Gasteiger partial charge in [0.2, 0.25) is 10.0 Å². The van der Waals surface area contributed by atoms with Gasteiger partial charge in [-0.15, -0.1) is 0 Å². The van der Waals surface area contributed by atoms with Crippen molar-refractivity contribution in [3.05, 3.63) is 23.8 Å². The molecule has 1 fully saturated rings. The van der Waals surface area contributed by atoms with E-state index in [4.69, 9.17) is 5.73 Å². The summed E-state index contributed by atoms with van der Waals surface area (Å²) in [5.74, 6) is -2.68. The number of halogens is 2. The summed E-state index contributed by atoms with van der Waals surface area (Å²) >= 11 is 0. The number of anilines is 1. The van der Waals surface area contributed by atoms with Crippen molar-refractivity contribution in [2.45, 2.75) is 31.2 Å². The summed E-state index contributed by atoms with van der Waals surface area (Å²) in [5.41, 5.74) is 5.04. The maximum atomic E-state index is 13.5. The number of benzene rings is 1. The third kappa shape index (κ3) is 2.32. The maximum absolute atomic E-state index is 13.5. The molecule has 100 valence electrons. The number of hydrogen-bond donors (Lipinski definition) is 2. The van der Waals surface area contributed by atoms with Crippen LogP contribution in [-0.4, -0.2) is 14.5 Å². The Morgan fingerprint density at radius 1 is 1.39 bits per heavy atom. The number of nitrogen functional groups attached to an aromatic ring is 1. The highest BCUT2D eigenvalue weighted by Crippen LogP contribution is 2.45. The molecule has 0 heterocycles. The molecule has 1 aromatic carbocycles. The van der Waals surface area contributed by atoms with Crippen LogP contribution in [0.3, 0.4) is 0 Å². The summed E-state index contributed by atoms with van der Waals surface area (Å²) in [6.45, 7) is 3.77. The van der Waals surface area contributed by atoms with E-state index < -0.39 is 26.6 Å². The summed E-state index contributed by atoms with van der Waals surface area (Å²) < 4.78 is 52.8. The summed E-state index contributed by atoms with van der Waals surface area (Å²) in [7, 11) is -4.09. The standard InChI is InChI=1S/C11H14F2N2O2S/c1-11(2)5-9(11)15-18(16,17)8-4-6(14)3-7(12)10(8)13/h3-4,9,15H,5,14H2,1-2H3. The van der Waals surface area contributed by atoms with Crippen molar-refractivity contribution < 1.29 is 17.2 Å². The monoisotopic (exact) mass is 276 g/mol. The molecule has 4 nitrogen and oxygen atoms in total. The molecule has 18 heavy (non-hydrogen) atoms. The van der Waals surface area contributed by atoms with Gasteiger partial charge in [0.05, 0.1) is 0 Å². The second-order valence-electron chi connectivity index (χ2n) is 5.18. The fourth-order valence-corrected chi connectivity index (χ4v) is 3.23. The second-order valence-corrected chi connectivity index (χ2v) is 6.86. The first kappa shape index (κ1) is 13.2. The van der Waals surface area contributed by atoms with Crippen LogP contribution in [-0.2, 0) is 10.0 Å². The largest absolute Gasteiger partial charge is 0.399 e. The lowest BCUT2D eigenvalue weighted by Gasteiger charge is -2.10. The van der Waals surface area contributed by atoms with E-state index in [2.05, 4.69) is 4.72 Å². The van der Waals surface area contributed by atoms with Gasteiger partial charge in [-0.1, -0.05) is 13.8 Å². The van der Waals surface area contributed by atoms with Crippen molar-refractivity contribution >= 4 is 15.7 Å².